The molecule has 0 saturated heterocycles. The summed E-state index contributed by atoms with van der Waals surface area (Å²) in [5.41, 5.74) is 9.11. The molecule has 0 heterocycles. The van der Waals surface area contributed by atoms with Gasteiger partial charge in [-0.1, -0.05) is 35.9 Å². The van der Waals surface area contributed by atoms with Gasteiger partial charge in [-0.15, -0.1) is 0 Å². The van der Waals surface area contributed by atoms with Crippen LogP contribution in [0.1, 0.15) is 23.5 Å². The van der Waals surface area contributed by atoms with E-state index in [-0.39, 0.29) is 75.0 Å². The van der Waals surface area contributed by atoms with E-state index < -0.39 is 12.0 Å². The average molecular weight is 393 g/mol. The molecule has 1 amide bonds. The number of hydrogen-bond donors (Lipinski definition) is 0. The first-order chi connectivity index (χ1) is 11.0. The minimum atomic E-state index is -0.680. The van der Waals surface area contributed by atoms with E-state index in [0.717, 1.165) is 11.1 Å². The quantitative estimate of drug-likeness (QED) is 0.517. The Bertz CT molecular complexity index is 652. The number of methoxy groups -OCH3 is 1. The number of ether oxygens (including phenoxy) is 1. The maximum Gasteiger partial charge on any atom is 1.00 e. The Kier molecular flexibility index (Phi) is 12.0. The zero-order valence-electron chi connectivity index (χ0n) is 14.3. The van der Waals surface area contributed by atoms with Gasteiger partial charge < -0.3 is 20.7 Å². The number of hydrogen-bond acceptors (Lipinski definition) is 2. The van der Waals surface area contributed by atoms with Gasteiger partial charge in [0.2, 0.25) is 0 Å². The topological polar surface area (TPSA) is 83.1 Å². The normalized spacial score (nSPS) is 12.4. The van der Waals surface area contributed by atoms with Crippen molar-refractivity contribution in [3.8, 4) is 0 Å². The van der Waals surface area contributed by atoms with Gasteiger partial charge in [-0.05, 0) is 41.8 Å². The third kappa shape index (κ3) is 7.84. The molecule has 2 atom stereocenters. The summed E-state index contributed by atoms with van der Waals surface area (Å²) in [4.78, 5) is 11.2. The molecule has 0 spiro atoms. The Morgan fingerprint density at radius 1 is 1.16 bits per heavy atom. The maximum atomic E-state index is 13.2. The Labute approximate surface area is 194 Å². The Morgan fingerprint density at radius 2 is 1.72 bits per heavy atom. The molecule has 2 aromatic rings. The molecule has 0 fully saturated rings. The molecule has 0 aliphatic carbocycles. The smallest absolute Gasteiger partial charge is 0.668 e. The fraction of sp³-hybridized carbons (Fsp3) is 0.278. The Morgan fingerprint density at radius 3 is 2.20 bits per heavy atom. The fourth-order valence-corrected chi connectivity index (χ4v) is 2.75. The third-order valence-electron chi connectivity index (χ3n) is 3.81. The first kappa shape index (κ1) is 24.7. The number of nitrogens with one attached hydrogen (secondary N) is 1. The summed E-state index contributed by atoms with van der Waals surface area (Å²) in [7, 11) is 1.52. The zero-order valence-corrected chi connectivity index (χ0v) is 18.2. The van der Waals surface area contributed by atoms with Crippen LogP contribution in [0.3, 0.4) is 0 Å². The molecule has 2 aromatic carbocycles. The summed E-state index contributed by atoms with van der Waals surface area (Å²) in [5, 5.41) is 0.650. The minimum absolute atomic E-state index is 0. The maximum absolute atomic E-state index is 13.2. The van der Waals surface area contributed by atoms with Crippen LogP contribution in [0.15, 0.2) is 48.5 Å². The predicted octanol–water partition coefficient (Wildman–Crippen LogP) is 0.871. The van der Waals surface area contributed by atoms with Crippen LogP contribution in [0.4, 0.5) is 4.39 Å². The summed E-state index contributed by atoms with van der Waals surface area (Å²) in [6.07, 6.45) is 0.155. The van der Waals surface area contributed by atoms with Crippen molar-refractivity contribution >= 4 is 17.5 Å². The predicted molar refractivity (Wildman–Crippen MR) is 93.9 cm³/mol. The Hall–Kier alpha value is -0.314. The minimum Gasteiger partial charge on any atom is -0.668 e. The summed E-state index contributed by atoms with van der Waals surface area (Å²) in [5.74, 6) is -1.15. The molecule has 0 saturated carbocycles. The van der Waals surface area contributed by atoms with Crippen molar-refractivity contribution < 1.29 is 70.8 Å². The van der Waals surface area contributed by atoms with Crippen LogP contribution in [-0.4, -0.2) is 19.1 Å². The van der Waals surface area contributed by atoms with Crippen LogP contribution in [0.5, 0.6) is 0 Å². The van der Waals surface area contributed by atoms with Crippen LogP contribution >= 0.6 is 11.6 Å². The molecule has 130 valence electrons. The molecule has 0 radical (unpaired) electrons. The molecule has 25 heavy (non-hydrogen) atoms. The van der Waals surface area contributed by atoms with Gasteiger partial charge in [-0.2, -0.15) is 0 Å². The van der Waals surface area contributed by atoms with Gasteiger partial charge in [-0.3, -0.25) is 0 Å². The Balaban J connectivity index is 0.00000288. The van der Waals surface area contributed by atoms with Gasteiger partial charge in [0.05, 0.1) is 12.0 Å². The number of rotatable bonds is 7. The number of halogens is 2. The number of benzene rings is 2. The van der Waals surface area contributed by atoms with E-state index in [2.05, 4.69) is 0 Å². The number of carbonyl (C=O) groups is 1. The van der Waals surface area contributed by atoms with Crippen LogP contribution in [0.25, 0.3) is 5.73 Å². The van der Waals surface area contributed by atoms with E-state index in [1.807, 2.05) is 12.1 Å². The van der Waals surface area contributed by atoms with Crippen molar-refractivity contribution in [1.29, 1.82) is 0 Å². The molecule has 0 aliphatic rings. The second-order valence-corrected chi connectivity index (χ2v) is 5.83. The van der Waals surface area contributed by atoms with E-state index in [4.69, 9.17) is 22.1 Å². The van der Waals surface area contributed by atoms with Crippen molar-refractivity contribution in [1.82, 2.24) is 0 Å². The molecule has 0 aliphatic heterocycles. The van der Waals surface area contributed by atoms with Crippen molar-refractivity contribution in [2.45, 2.75) is 24.9 Å². The molecule has 2 rings (SSSR count). The van der Waals surface area contributed by atoms with Crippen molar-refractivity contribution in [3.63, 3.8) is 0 Å². The van der Waals surface area contributed by atoms with Gasteiger partial charge in [0, 0.05) is 24.5 Å². The van der Waals surface area contributed by atoms with Gasteiger partial charge in [0.25, 0.3) is 0 Å². The fourth-order valence-electron chi connectivity index (χ4n) is 2.62. The molecule has 7 heteroatoms. The van der Waals surface area contributed by atoms with Crippen LogP contribution < -0.4 is 51.4 Å². The van der Waals surface area contributed by atoms with Crippen molar-refractivity contribution in [2.75, 3.05) is 7.11 Å². The third-order valence-corrected chi connectivity index (χ3v) is 4.06. The van der Waals surface area contributed by atoms with E-state index >= 15 is 0 Å². The molecular formula is C18H21ClFKNO3+. The standard InChI is InChI=1S/C18H19ClFNO2.K.H2O/c1-23-17(11-18(21)22)16(13-4-8-15(20)9-5-13)10-12-2-6-14(19)7-3-12;;/h2-9,16-17H,10-11H2,1H3,(H2,21,22);;1H2/q;+1;/t16-,17-;;/m1../s1. The zero-order chi connectivity index (χ0) is 16.8. The number of amides is 1. The molecule has 0 unspecified atom stereocenters. The van der Waals surface area contributed by atoms with Crippen LogP contribution in [0, 0.1) is 5.82 Å². The second-order valence-electron chi connectivity index (χ2n) is 5.39. The molecule has 0 bridgehead atoms. The summed E-state index contributed by atoms with van der Waals surface area (Å²) >= 11 is 5.91. The van der Waals surface area contributed by atoms with E-state index in [9.17, 15) is 9.18 Å². The summed E-state index contributed by atoms with van der Waals surface area (Å²) in [6, 6.07) is 13.6. The number of carbonyl (C=O) groups excluding carboxylic acids is 1. The van der Waals surface area contributed by atoms with Crippen molar-refractivity contribution in [3.05, 3.63) is 76.2 Å². The van der Waals surface area contributed by atoms with E-state index in [1.165, 1.54) is 19.2 Å². The SMILES string of the molecule is CO[C@H](CC([NH-])=O)[C@H](Cc1ccc(Cl)cc1)c1ccc(F)cc1.[K+].[OH3+]. The van der Waals surface area contributed by atoms with E-state index in [1.54, 1.807) is 24.3 Å². The van der Waals surface area contributed by atoms with Crippen LogP contribution in [0.2, 0.25) is 5.02 Å². The largest absolute Gasteiger partial charge is 1.00 e. The summed E-state index contributed by atoms with van der Waals surface area (Å²) < 4.78 is 18.6. The first-order valence-electron chi connectivity index (χ1n) is 7.26. The monoisotopic (exact) mass is 392 g/mol. The first-order valence-corrected chi connectivity index (χ1v) is 7.64. The summed E-state index contributed by atoms with van der Waals surface area (Å²) in [6.45, 7) is 0. The van der Waals surface area contributed by atoms with Crippen LogP contribution in [-0.2, 0) is 21.4 Å². The van der Waals surface area contributed by atoms with E-state index in [0.29, 0.717) is 11.4 Å². The van der Waals surface area contributed by atoms with Crippen molar-refractivity contribution in [2.24, 2.45) is 0 Å². The van der Waals surface area contributed by atoms with Gasteiger partial charge in [0.15, 0.2) is 0 Å². The van der Waals surface area contributed by atoms with Gasteiger partial charge >= 0.3 is 51.4 Å². The molecule has 0 aromatic heterocycles. The molecular weight excluding hydrogens is 372 g/mol. The van der Waals surface area contributed by atoms with Gasteiger partial charge in [0.1, 0.15) is 5.82 Å². The molecule has 4 N–H and O–H groups in total. The van der Waals surface area contributed by atoms with Gasteiger partial charge in [-0.25, -0.2) is 4.39 Å². The molecule has 4 nitrogen and oxygen atoms in total. The second kappa shape index (κ2) is 12.1. The average Bonchev–Trinajstić information content (AvgIpc) is 2.53.